The Bertz CT molecular complexity index is 1080. The van der Waals surface area contributed by atoms with E-state index in [1.54, 1.807) is 42.5 Å². The summed E-state index contributed by atoms with van der Waals surface area (Å²) in [6.07, 6.45) is 4.49. The van der Waals surface area contributed by atoms with Crippen molar-refractivity contribution < 1.29 is 22.7 Å². The largest absolute Gasteiger partial charge is 0.497 e. The summed E-state index contributed by atoms with van der Waals surface area (Å²) in [6, 6.07) is 11.6. The van der Waals surface area contributed by atoms with Gasteiger partial charge in [-0.25, -0.2) is 8.42 Å². The molecule has 2 saturated carbocycles. The molecule has 0 aliphatic heterocycles. The molecule has 2 aliphatic carbocycles. The molecule has 1 amide bonds. The van der Waals surface area contributed by atoms with Gasteiger partial charge in [0.05, 0.1) is 24.8 Å². The molecular formula is C24H30N2O5S. The van der Waals surface area contributed by atoms with Crippen LogP contribution in [-0.2, 0) is 14.8 Å². The molecule has 0 saturated heterocycles. The highest BCUT2D eigenvalue weighted by Crippen LogP contribution is 2.44. The molecule has 2 bridgehead atoms. The zero-order chi connectivity index (χ0) is 22.9. The molecule has 8 heteroatoms. The Labute approximate surface area is 189 Å². The van der Waals surface area contributed by atoms with Crippen LogP contribution in [0.4, 0.5) is 5.69 Å². The molecule has 1 N–H and O–H groups in total. The molecule has 7 nitrogen and oxygen atoms in total. The summed E-state index contributed by atoms with van der Waals surface area (Å²) in [4.78, 5) is 13.2. The molecule has 0 aromatic heterocycles. The third-order valence-electron chi connectivity index (χ3n) is 6.64. The van der Waals surface area contributed by atoms with Gasteiger partial charge in [-0.05, 0) is 62.3 Å². The molecule has 0 radical (unpaired) electrons. The van der Waals surface area contributed by atoms with Crippen molar-refractivity contribution in [1.29, 1.82) is 0 Å². The number of aryl methyl sites for hydroxylation is 1. The van der Waals surface area contributed by atoms with Crippen molar-refractivity contribution in [3.05, 3.63) is 48.0 Å². The van der Waals surface area contributed by atoms with E-state index in [-0.39, 0.29) is 29.1 Å². The first kappa shape index (κ1) is 22.5. The van der Waals surface area contributed by atoms with Gasteiger partial charge in [-0.3, -0.25) is 9.10 Å². The van der Waals surface area contributed by atoms with Gasteiger partial charge in [-0.15, -0.1) is 0 Å². The van der Waals surface area contributed by atoms with Gasteiger partial charge in [-0.2, -0.15) is 0 Å². The molecule has 32 heavy (non-hydrogen) atoms. The van der Waals surface area contributed by atoms with Crippen LogP contribution in [0.25, 0.3) is 0 Å². The van der Waals surface area contributed by atoms with Gasteiger partial charge >= 0.3 is 0 Å². The first-order valence-corrected chi connectivity index (χ1v) is 12.4. The Morgan fingerprint density at radius 3 is 2.41 bits per heavy atom. The van der Waals surface area contributed by atoms with Crippen LogP contribution >= 0.6 is 0 Å². The highest BCUT2D eigenvalue weighted by molar-refractivity contribution is 7.92. The number of carbonyl (C=O) groups excluding carboxylic acids is 1. The number of sulfonamides is 1. The van der Waals surface area contributed by atoms with Gasteiger partial charge in [0.2, 0.25) is 5.91 Å². The van der Waals surface area contributed by atoms with Crippen LogP contribution < -0.4 is 19.1 Å². The topological polar surface area (TPSA) is 84.9 Å². The van der Waals surface area contributed by atoms with E-state index in [9.17, 15) is 13.2 Å². The number of benzene rings is 2. The zero-order valence-electron chi connectivity index (χ0n) is 18.7. The maximum atomic E-state index is 13.7. The fraction of sp³-hybridized carbons (Fsp3) is 0.458. The smallest absolute Gasteiger partial charge is 0.264 e. The van der Waals surface area contributed by atoms with Gasteiger partial charge in [0.15, 0.2) is 0 Å². The molecule has 2 fully saturated rings. The monoisotopic (exact) mass is 458 g/mol. The number of hydrogen-bond donors (Lipinski definition) is 1. The van der Waals surface area contributed by atoms with Crippen molar-refractivity contribution in [2.75, 3.05) is 25.1 Å². The average molecular weight is 459 g/mol. The van der Waals surface area contributed by atoms with E-state index in [2.05, 4.69) is 5.32 Å². The lowest BCUT2D eigenvalue weighted by Crippen LogP contribution is -2.46. The summed E-state index contributed by atoms with van der Waals surface area (Å²) in [5.41, 5.74) is 1.21. The number of anilines is 1. The van der Waals surface area contributed by atoms with Gasteiger partial charge in [0.25, 0.3) is 10.0 Å². The van der Waals surface area contributed by atoms with Crippen LogP contribution in [0.15, 0.2) is 47.4 Å². The number of carbonyl (C=O) groups is 1. The van der Waals surface area contributed by atoms with E-state index < -0.39 is 10.0 Å². The molecule has 0 spiro atoms. The van der Waals surface area contributed by atoms with E-state index in [0.717, 1.165) is 29.1 Å². The summed E-state index contributed by atoms with van der Waals surface area (Å²) < 4.78 is 39.2. The molecule has 4 rings (SSSR count). The molecule has 3 atom stereocenters. The summed E-state index contributed by atoms with van der Waals surface area (Å²) in [5.74, 6) is 1.67. The maximum Gasteiger partial charge on any atom is 0.264 e. The van der Waals surface area contributed by atoms with E-state index in [1.807, 2.05) is 6.92 Å². The third-order valence-corrected chi connectivity index (χ3v) is 8.41. The predicted octanol–water partition coefficient (Wildman–Crippen LogP) is 3.51. The number of nitrogens with zero attached hydrogens (tertiary/aromatic N) is 1. The van der Waals surface area contributed by atoms with Gasteiger partial charge < -0.3 is 14.8 Å². The quantitative estimate of drug-likeness (QED) is 0.654. The maximum absolute atomic E-state index is 13.7. The predicted molar refractivity (Wildman–Crippen MR) is 123 cm³/mol. The van der Waals surface area contributed by atoms with Crippen LogP contribution in [0, 0.1) is 18.8 Å². The lowest BCUT2D eigenvalue weighted by atomic mass is 9.95. The van der Waals surface area contributed by atoms with Crippen molar-refractivity contribution in [2.24, 2.45) is 11.8 Å². The summed E-state index contributed by atoms with van der Waals surface area (Å²) in [7, 11) is -1.05. The van der Waals surface area contributed by atoms with Crippen molar-refractivity contribution in [1.82, 2.24) is 5.32 Å². The van der Waals surface area contributed by atoms with Gasteiger partial charge in [0, 0.05) is 12.1 Å². The molecule has 172 valence electrons. The highest BCUT2D eigenvalue weighted by atomic mass is 32.2. The summed E-state index contributed by atoms with van der Waals surface area (Å²) >= 11 is 0. The normalized spacial score (nSPS) is 21.9. The Morgan fingerprint density at radius 2 is 1.81 bits per heavy atom. The van der Waals surface area contributed by atoms with Crippen LogP contribution in [0.2, 0.25) is 0 Å². The van der Waals surface area contributed by atoms with Crippen molar-refractivity contribution in [2.45, 2.75) is 43.5 Å². The van der Waals surface area contributed by atoms with Crippen LogP contribution in [0.1, 0.15) is 31.2 Å². The van der Waals surface area contributed by atoms with E-state index >= 15 is 0 Å². The standard InChI is InChI=1S/C24H30N2O5S/c1-16-4-9-20(10-5-16)32(28,29)26(22-14-19(30-2)8-11-23(22)31-3)15-24(27)25-21-13-17-6-7-18(21)12-17/h4-5,8-11,14,17-18,21H,6-7,12-13,15H2,1-3H3,(H,25,27)/t17-,18+,21-/m1/s1. The van der Waals surface area contributed by atoms with E-state index in [0.29, 0.717) is 23.3 Å². The molecule has 0 heterocycles. The highest BCUT2D eigenvalue weighted by Gasteiger charge is 2.40. The fourth-order valence-corrected chi connectivity index (χ4v) is 6.36. The second-order valence-corrected chi connectivity index (χ2v) is 10.6. The summed E-state index contributed by atoms with van der Waals surface area (Å²) in [6.45, 7) is 1.55. The molecule has 2 aromatic carbocycles. The molecule has 2 aromatic rings. The Hall–Kier alpha value is -2.74. The minimum absolute atomic E-state index is 0.112. The molecule has 2 aliphatic rings. The molecular weight excluding hydrogens is 428 g/mol. The lowest BCUT2D eigenvalue weighted by molar-refractivity contribution is -0.120. The minimum Gasteiger partial charge on any atom is -0.497 e. The van der Waals surface area contributed by atoms with Crippen molar-refractivity contribution >= 4 is 21.6 Å². The summed E-state index contributed by atoms with van der Waals surface area (Å²) in [5, 5.41) is 3.09. The minimum atomic E-state index is -4.03. The second-order valence-electron chi connectivity index (χ2n) is 8.71. The van der Waals surface area contributed by atoms with Gasteiger partial charge in [0.1, 0.15) is 18.0 Å². The number of amides is 1. The molecule has 0 unspecified atom stereocenters. The number of nitrogens with one attached hydrogen (secondary N) is 1. The van der Waals surface area contributed by atoms with Crippen LogP contribution in [-0.4, -0.2) is 41.1 Å². The zero-order valence-corrected chi connectivity index (χ0v) is 19.5. The SMILES string of the molecule is COc1ccc(OC)c(N(CC(=O)N[C@@H]2C[C@@H]3CC[C@H]2C3)S(=O)(=O)c2ccc(C)cc2)c1. The lowest BCUT2D eigenvalue weighted by Gasteiger charge is -2.28. The van der Waals surface area contributed by atoms with Crippen molar-refractivity contribution in [3.63, 3.8) is 0 Å². The van der Waals surface area contributed by atoms with E-state index in [4.69, 9.17) is 9.47 Å². The number of rotatable bonds is 8. The van der Waals surface area contributed by atoms with Crippen molar-refractivity contribution in [3.8, 4) is 11.5 Å². The Morgan fingerprint density at radius 1 is 1.06 bits per heavy atom. The Kier molecular flexibility index (Phi) is 6.33. The van der Waals surface area contributed by atoms with Crippen LogP contribution in [0.3, 0.4) is 0 Å². The third kappa shape index (κ3) is 4.41. The number of methoxy groups -OCH3 is 2. The first-order valence-electron chi connectivity index (χ1n) is 10.9. The number of fused-ring (bicyclic) bond motifs is 2. The number of hydrogen-bond acceptors (Lipinski definition) is 5. The van der Waals surface area contributed by atoms with Crippen LogP contribution in [0.5, 0.6) is 11.5 Å². The first-order chi connectivity index (χ1) is 15.3. The van der Waals surface area contributed by atoms with E-state index in [1.165, 1.54) is 20.6 Å². The number of ether oxygens (including phenoxy) is 2. The van der Waals surface area contributed by atoms with Gasteiger partial charge in [-0.1, -0.05) is 24.1 Å². The fourth-order valence-electron chi connectivity index (χ4n) is 4.93. The second kappa shape index (κ2) is 9.02. The Balaban J connectivity index is 1.68. The average Bonchev–Trinajstić information content (AvgIpc) is 3.40.